The van der Waals surface area contributed by atoms with Gasteiger partial charge in [0.1, 0.15) is 34.6 Å². The topological polar surface area (TPSA) is 63.3 Å². The van der Waals surface area contributed by atoms with E-state index in [9.17, 15) is 4.39 Å². The van der Waals surface area contributed by atoms with Crippen LogP contribution in [0.25, 0.3) is 44.4 Å². The van der Waals surface area contributed by atoms with Gasteiger partial charge in [0.05, 0.1) is 11.8 Å². The van der Waals surface area contributed by atoms with Crippen molar-refractivity contribution < 1.29 is 39.7 Å². The van der Waals surface area contributed by atoms with Crippen molar-refractivity contribution in [3.05, 3.63) is 181 Å². The fraction of sp³-hybridized carbons (Fsp3) is 0.0638. The van der Waals surface area contributed by atoms with E-state index in [-0.39, 0.29) is 26.9 Å². The Labute approximate surface area is 337 Å². The van der Waals surface area contributed by atoms with E-state index < -0.39 is 0 Å². The van der Waals surface area contributed by atoms with Crippen molar-refractivity contribution in [2.45, 2.75) is 20.8 Å². The van der Waals surface area contributed by atoms with Crippen LogP contribution in [-0.4, -0.2) is 19.3 Å². The first kappa shape index (κ1) is 36.5. The summed E-state index contributed by atoms with van der Waals surface area (Å²) in [6.07, 6.45) is 5.21. The molecule has 0 aliphatic carbocycles. The molecule has 9 heteroatoms. The minimum Gasteiger partial charge on any atom is -0.509 e. The minimum absolute atomic E-state index is 0. The van der Waals surface area contributed by atoms with Crippen LogP contribution in [0.4, 0.5) is 4.39 Å². The largest absolute Gasteiger partial charge is 2.00 e. The summed E-state index contributed by atoms with van der Waals surface area (Å²) in [5.74, 6) is 3.84. The van der Waals surface area contributed by atoms with E-state index in [0.717, 1.165) is 49.6 Å². The van der Waals surface area contributed by atoms with Gasteiger partial charge in [0, 0.05) is 41.0 Å². The molecular formula is C47H33FN4O3Pt. The SMILES string of the molecule is Cc1c(C)c(Oc2ccccc2)c(-c2cnn(-c3[c-]c(Oc4[c-]c5c(cc4)c4ccccc4n5-c4cc(F)ccn4)ccc3)c2)c(Oc2ccccc2)c1C.[Pt+2]. The van der Waals surface area contributed by atoms with E-state index >= 15 is 0 Å². The number of fused-ring (bicyclic) bond motifs is 3. The molecule has 276 valence electrons. The van der Waals surface area contributed by atoms with Crippen LogP contribution in [0, 0.1) is 38.7 Å². The Kier molecular flexibility index (Phi) is 9.98. The van der Waals surface area contributed by atoms with Crippen LogP contribution in [0.1, 0.15) is 16.7 Å². The average Bonchev–Trinajstić information content (AvgIpc) is 3.83. The summed E-state index contributed by atoms with van der Waals surface area (Å²) in [5.41, 5.74) is 6.96. The van der Waals surface area contributed by atoms with Gasteiger partial charge >= 0.3 is 21.1 Å². The van der Waals surface area contributed by atoms with Gasteiger partial charge in [-0.1, -0.05) is 60.1 Å². The molecule has 0 N–H and O–H groups in total. The predicted molar refractivity (Wildman–Crippen MR) is 213 cm³/mol. The minimum atomic E-state index is -0.371. The van der Waals surface area contributed by atoms with Crippen molar-refractivity contribution in [1.29, 1.82) is 0 Å². The number of rotatable bonds is 9. The smallest absolute Gasteiger partial charge is 0.509 e. The number of ether oxygens (including phenoxy) is 3. The summed E-state index contributed by atoms with van der Waals surface area (Å²) in [4.78, 5) is 4.46. The second-order valence-electron chi connectivity index (χ2n) is 13.2. The zero-order chi connectivity index (χ0) is 37.5. The fourth-order valence-corrected chi connectivity index (χ4v) is 6.85. The monoisotopic (exact) mass is 915 g/mol. The molecule has 9 aromatic rings. The maximum absolute atomic E-state index is 14.4. The molecule has 3 heterocycles. The Morgan fingerprint density at radius 1 is 0.625 bits per heavy atom. The van der Waals surface area contributed by atoms with Gasteiger partial charge in [-0.3, -0.25) is 4.68 Å². The van der Waals surface area contributed by atoms with Crippen LogP contribution in [-0.2, 0) is 21.1 Å². The Morgan fingerprint density at radius 2 is 1.29 bits per heavy atom. The van der Waals surface area contributed by atoms with Crippen LogP contribution in [0.2, 0.25) is 0 Å². The van der Waals surface area contributed by atoms with Crippen molar-refractivity contribution in [2.24, 2.45) is 0 Å². The molecule has 7 nitrogen and oxygen atoms in total. The first-order chi connectivity index (χ1) is 26.9. The van der Waals surface area contributed by atoms with Gasteiger partial charge in [0.2, 0.25) is 0 Å². The van der Waals surface area contributed by atoms with Gasteiger partial charge in [-0.15, -0.1) is 35.7 Å². The number of nitrogens with zero attached hydrogens (tertiary/aromatic N) is 4. The molecule has 0 atom stereocenters. The van der Waals surface area contributed by atoms with E-state index in [4.69, 9.17) is 19.3 Å². The Morgan fingerprint density at radius 3 is 1.98 bits per heavy atom. The van der Waals surface area contributed by atoms with Gasteiger partial charge in [-0.2, -0.15) is 17.2 Å². The third-order valence-electron chi connectivity index (χ3n) is 9.77. The second-order valence-corrected chi connectivity index (χ2v) is 13.2. The molecule has 0 saturated carbocycles. The number of aromatic nitrogens is 4. The van der Waals surface area contributed by atoms with E-state index in [1.54, 1.807) is 4.68 Å². The molecule has 0 amide bonds. The van der Waals surface area contributed by atoms with Crippen molar-refractivity contribution in [3.63, 3.8) is 0 Å². The molecule has 0 saturated heterocycles. The Hall–Kier alpha value is -6.50. The van der Waals surface area contributed by atoms with Crippen LogP contribution in [0.15, 0.2) is 146 Å². The molecular weight excluding hydrogens is 883 g/mol. The number of pyridine rings is 1. The molecule has 0 spiro atoms. The van der Waals surface area contributed by atoms with Crippen LogP contribution in [0.5, 0.6) is 34.5 Å². The summed E-state index contributed by atoms with van der Waals surface area (Å²) in [6, 6.07) is 46.4. The third kappa shape index (κ3) is 6.84. The normalized spacial score (nSPS) is 11.1. The zero-order valence-electron chi connectivity index (χ0n) is 30.6. The van der Waals surface area contributed by atoms with E-state index in [1.165, 1.54) is 18.3 Å². The van der Waals surface area contributed by atoms with Crippen molar-refractivity contribution >= 4 is 21.8 Å². The molecule has 0 aliphatic rings. The van der Waals surface area contributed by atoms with Crippen LogP contribution < -0.4 is 14.2 Å². The van der Waals surface area contributed by atoms with Gasteiger partial charge in [0.15, 0.2) is 0 Å². The van der Waals surface area contributed by atoms with Gasteiger partial charge in [-0.05, 0) is 84.9 Å². The first-order valence-electron chi connectivity index (χ1n) is 17.8. The van der Waals surface area contributed by atoms with E-state index in [2.05, 4.69) is 37.9 Å². The summed E-state index contributed by atoms with van der Waals surface area (Å²) < 4.78 is 37.6. The fourth-order valence-electron chi connectivity index (χ4n) is 6.85. The second kappa shape index (κ2) is 15.3. The quantitative estimate of drug-likeness (QED) is 0.135. The maximum atomic E-state index is 14.4. The summed E-state index contributed by atoms with van der Waals surface area (Å²) in [6.45, 7) is 6.22. The molecule has 0 aliphatic heterocycles. The van der Waals surface area contributed by atoms with Gasteiger partial charge in [0.25, 0.3) is 0 Å². The molecule has 0 radical (unpaired) electrons. The maximum Gasteiger partial charge on any atom is 2.00 e. The number of hydrogen-bond acceptors (Lipinski definition) is 5. The van der Waals surface area contributed by atoms with E-state index in [1.807, 2.05) is 132 Å². The Balaban J connectivity index is 0.00000441. The molecule has 9 rings (SSSR count). The number of para-hydroxylation sites is 3. The molecule has 0 bridgehead atoms. The number of hydrogen-bond donors (Lipinski definition) is 0. The van der Waals surface area contributed by atoms with Gasteiger partial charge in [-0.25, -0.2) is 9.37 Å². The molecule has 56 heavy (non-hydrogen) atoms. The summed E-state index contributed by atoms with van der Waals surface area (Å²) >= 11 is 0. The van der Waals surface area contributed by atoms with Crippen molar-refractivity contribution in [2.75, 3.05) is 0 Å². The standard InChI is InChI=1S/C47H33FN4O3.Pt/c1-30-31(2)46(54-36-14-6-4-7-15-36)45(47(32(30)3)55-37-16-8-5-9-17-37)33-28-50-51(29-33)35-13-12-18-38(26-35)53-39-21-22-41-40-19-10-11-20-42(40)52(43(41)27-39)44-25-34(48)23-24-49-44;/h4-25,28-29H,1-3H3;/q-2;+2. The number of benzene rings is 6. The zero-order valence-corrected chi connectivity index (χ0v) is 32.8. The first-order valence-corrected chi connectivity index (χ1v) is 17.8. The summed E-state index contributed by atoms with van der Waals surface area (Å²) in [7, 11) is 0. The average molecular weight is 916 g/mol. The van der Waals surface area contributed by atoms with Crippen LogP contribution in [0.3, 0.4) is 0 Å². The Bertz CT molecular complexity index is 2790. The molecule has 3 aromatic heterocycles. The molecule has 0 fully saturated rings. The predicted octanol–water partition coefficient (Wildman–Crippen LogP) is 12.1. The van der Waals surface area contributed by atoms with E-state index in [0.29, 0.717) is 46.0 Å². The van der Waals surface area contributed by atoms with Gasteiger partial charge < -0.3 is 18.8 Å². The summed E-state index contributed by atoms with van der Waals surface area (Å²) in [5, 5.41) is 6.73. The van der Waals surface area contributed by atoms with Crippen LogP contribution >= 0.6 is 0 Å². The van der Waals surface area contributed by atoms with Crippen molar-refractivity contribution in [1.82, 2.24) is 19.3 Å². The third-order valence-corrected chi connectivity index (χ3v) is 9.77. The van der Waals surface area contributed by atoms with Crippen molar-refractivity contribution in [3.8, 4) is 57.1 Å². The number of halogens is 1. The molecule has 6 aromatic carbocycles. The molecule has 0 unspecified atom stereocenters.